The number of nitrogens with zero attached hydrogens (tertiary/aromatic N) is 1. The lowest BCUT2D eigenvalue weighted by Crippen LogP contribution is -2.32. The van der Waals surface area contributed by atoms with E-state index < -0.39 is 0 Å². The minimum Gasteiger partial charge on any atom is -0.318 e. The molecule has 0 rings (SSSR count). The number of aliphatic imine (C=N–C) groups is 1. The SMILES string of the molecule is C=NCCNCCNCCNC. The summed E-state index contributed by atoms with van der Waals surface area (Å²) in [6, 6.07) is 0. The Morgan fingerprint density at radius 2 is 1.58 bits per heavy atom. The summed E-state index contributed by atoms with van der Waals surface area (Å²) in [6.45, 7) is 9.19. The average molecular weight is 172 g/mol. The van der Waals surface area contributed by atoms with Gasteiger partial charge in [0.15, 0.2) is 0 Å². The first kappa shape index (κ1) is 11.6. The monoisotopic (exact) mass is 172 g/mol. The summed E-state index contributed by atoms with van der Waals surface area (Å²) in [4.78, 5) is 3.74. The molecule has 0 aliphatic heterocycles. The van der Waals surface area contributed by atoms with Gasteiger partial charge in [0.05, 0.1) is 6.54 Å². The van der Waals surface area contributed by atoms with Crippen LogP contribution in [0.3, 0.4) is 0 Å². The molecule has 0 bridgehead atoms. The lowest BCUT2D eigenvalue weighted by Gasteiger charge is -2.04. The minimum atomic E-state index is 0.802. The third-order valence-corrected chi connectivity index (χ3v) is 1.48. The Balaban J connectivity index is 2.77. The van der Waals surface area contributed by atoms with Gasteiger partial charge in [0, 0.05) is 32.7 Å². The Hall–Kier alpha value is -0.450. The van der Waals surface area contributed by atoms with Crippen LogP contribution in [0.2, 0.25) is 0 Å². The second kappa shape index (κ2) is 10.6. The molecule has 4 nitrogen and oxygen atoms in total. The highest BCUT2D eigenvalue weighted by molar-refractivity contribution is 5.23. The van der Waals surface area contributed by atoms with Crippen molar-refractivity contribution in [1.82, 2.24) is 16.0 Å². The molecule has 0 heterocycles. The van der Waals surface area contributed by atoms with Crippen molar-refractivity contribution >= 4 is 6.72 Å². The number of nitrogens with one attached hydrogen (secondary N) is 3. The first-order chi connectivity index (χ1) is 5.91. The van der Waals surface area contributed by atoms with Crippen molar-refractivity contribution < 1.29 is 0 Å². The van der Waals surface area contributed by atoms with Gasteiger partial charge in [0.2, 0.25) is 0 Å². The average Bonchev–Trinajstić information content (AvgIpc) is 2.10. The molecule has 0 aromatic carbocycles. The van der Waals surface area contributed by atoms with Gasteiger partial charge in [-0.2, -0.15) is 0 Å². The van der Waals surface area contributed by atoms with Gasteiger partial charge in [0.25, 0.3) is 0 Å². The van der Waals surface area contributed by atoms with Crippen molar-refractivity contribution in [3.05, 3.63) is 0 Å². The van der Waals surface area contributed by atoms with E-state index in [2.05, 4.69) is 27.7 Å². The van der Waals surface area contributed by atoms with Gasteiger partial charge in [-0.25, -0.2) is 0 Å². The highest BCUT2D eigenvalue weighted by Crippen LogP contribution is 1.63. The first-order valence-corrected chi connectivity index (χ1v) is 4.40. The van der Waals surface area contributed by atoms with Gasteiger partial charge in [-0.05, 0) is 13.8 Å². The van der Waals surface area contributed by atoms with Gasteiger partial charge in [0.1, 0.15) is 0 Å². The maximum atomic E-state index is 3.74. The molecular formula is C8H20N4. The number of hydrogen-bond donors (Lipinski definition) is 3. The van der Waals surface area contributed by atoms with Crippen LogP contribution >= 0.6 is 0 Å². The Bertz CT molecular complexity index is 95.1. The molecule has 0 aliphatic carbocycles. The molecule has 0 amide bonds. The lowest BCUT2D eigenvalue weighted by atomic mass is 10.5. The smallest absolute Gasteiger partial charge is 0.0507 e. The van der Waals surface area contributed by atoms with Crippen molar-refractivity contribution in [1.29, 1.82) is 0 Å². The van der Waals surface area contributed by atoms with E-state index in [0.29, 0.717) is 0 Å². The molecule has 0 radical (unpaired) electrons. The van der Waals surface area contributed by atoms with Crippen LogP contribution in [-0.4, -0.2) is 53.0 Å². The van der Waals surface area contributed by atoms with Crippen LogP contribution < -0.4 is 16.0 Å². The van der Waals surface area contributed by atoms with Crippen LogP contribution in [0.4, 0.5) is 0 Å². The molecular weight excluding hydrogens is 152 g/mol. The Morgan fingerprint density at radius 1 is 1.00 bits per heavy atom. The van der Waals surface area contributed by atoms with Crippen molar-refractivity contribution in [3.8, 4) is 0 Å². The topological polar surface area (TPSA) is 48.5 Å². The maximum Gasteiger partial charge on any atom is 0.0507 e. The third kappa shape index (κ3) is 9.55. The number of likely N-dealkylation sites (N-methyl/N-ethyl adjacent to an activating group) is 1. The third-order valence-electron chi connectivity index (χ3n) is 1.48. The highest BCUT2D eigenvalue weighted by atomic mass is 15.0. The second-order valence-electron chi connectivity index (χ2n) is 2.55. The molecule has 72 valence electrons. The normalized spacial score (nSPS) is 10.1. The van der Waals surface area contributed by atoms with Crippen molar-refractivity contribution in [2.45, 2.75) is 0 Å². The molecule has 0 fully saturated rings. The summed E-state index contributed by atoms with van der Waals surface area (Å²) in [5.41, 5.74) is 0. The van der Waals surface area contributed by atoms with E-state index >= 15 is 0 Å². The lowest BCUT2D eigenvalue weighted by molar-refractivity contribution is 0.602. The van der Waals surface area contributed by atoms with Crippen molar-refractivity contribution in [2.75, 3.05) is 46.3 Å². The largest absolute Gasteiger partial charge is 0.318 e. The van der Waals surface area contributed by atoms with E-state index in [0.717, 1.165) is 39.3 Å². The molecule has 0 aliphatic rings. The highest BCUT2D eigenvalue weighted by Gasteiger charge is 1.85. The van der Waals surface area contributed by atoms with Crippen LogP contribution in [0, 0.1) is 0 Å². The molecule has 0 aromatic heterocycles. The number of rotatable bonds is 9. The van der Waals surface area contributed by atoms with Crippen LogP contribution in [0.5, 0.6) is 0 Å². The fourth-order valence-corrected chi connectivity index (χ4v) is 0.798. The molecule has 0 saturated heterocycles. The van der Waals surface area contributed by atoms with Crippen molar-refractivity contribution in [3.63, 3.8) is 0 Å². The molecule has 0 spiro atoms. The summed E-state index contributed by atoms with van der Waals surface area (Å²) in [7, 11) is 1.95. The molecule has 12 heavy (non-hydrogen) atoms. The molecule has 0 aromatic rings. The summed E-state index contributed by atoms with van der Waals surface area (Å²) >= 11 is 0. The molecule has 0 unspecified atom stereocenters. The summed E-state index contributed by atoms with van der Waals surface area (Å²) in [5.74, 6) is 0. The summed E-state index contributed by atoms with van der Waals surface area (Å²) in [6.07, 6.45) is 0. The minimum absolute atomic E-state index is 0.802. The maximum absolute atomic E-state index is 3.74. The summed E-state index contributed by atoms with van der Waals surface area (Å²) < 4.78 is 0. The Labute approximate surface area is 74.8 Å². The van der Waals surface area contributed by atoms with E-state index in [1.165, 1.54) is 0 Å². The van der Waals surface area contributed by atoms with E-state index in [1.54, 1.807) is 0 Å². The van der Waals surface area contributed by atoms with Crippen LogP contribution in [0.1, 0.15) is 0 Å². The standard InChI is InChI=1S/C8H20N4/c1-9-3-5-11-7-8-12-6-4-10-2/h10-12H,1,3-8H2,2H3. The fraction of sp³-hybridized carbons (Fsp3) is 0.875. The van der Waals surface area contributed by atoms with E-state index in [-0.39, 0.29) is 0 Å². The Kier molecular flexibility index (Phi) is 10.2. The fourth-order valence-electron chi connectivity index (χ4n) is 0.798. The Morgan fingerprint density at radius 3 is 2.17 bits per heavy atom. The van der Waals surface area contributed by atoms with Crippen LogP contribution in [0.15, 0.2) is 4.99 Å². The van der Waals surface area contributed by atoms with Gasteiger partial charge in [-0.3, -0.25) is 4.99 Å². The summed E-state index contributed by atoms with van der Waals surface area (Å²) in [5, 5.41) is 9.61. The predicted octanol–water partition coefficient (Wildman–Crippen LogP) is -0.914. The van der Waals surface area contributed by atoms with Crippen molar-refractivity contribution in [2.24, 2.45) is 4.99 Å². The molecule has 0 atom stereocenters. The quantitative estimate of drug-likeness (QED) is 0.311. The van der Waals surface area contributed by atoms with Gasteiger partial charge in [-0.15, -0.1) is 0 Å². The van der Waals surface area contributed by atoms with E-state index in [9.17, 15) is 0 Å². The van der Waals surface area contributed by atoms with E-state index in [4.69, 9.17) is 0 Å². The first-order valence-electron chi connectivity index (χ1n) is 4.40. The molecule has 4 heteroatoms. The van der Waals surface area contributed by atoms with Crippen LogP contribution in [-0.2, 0) is 0 Å². The second-order valence-corrected chi connectivity index (χ2v) is 2.55. The number of hydrogen-bond acceptors (Lipinski definition) is 4. The van der Waals surface area contributed by atoms with Crippen LogP contribution in [0.25, 0.3) is 0 Å². The van der Waals surface area contributed by atoms with Gasteiger partial charge < -0.3 is 16.0 Å². The molecule has 3 N–H and O–H groups in total. The molecule has 0 saturated carbocycles. The zero-order valence-corrected chi connectivity index (χ0v) is 7.90. The van der Waals surface area contributed by atoms with Gasteiger partial charge in [-0.1, -0.05) is 0 Å². The zero-order chi connectivity index (χ0) is 9.07. The predicted molar refractivity (Wildman–Crippen MR) is 54.1 cm³/mol. The van der Waals surface area contributed by atoms with Gasteiger partial charge >= 0.3 is 0 Å². The van der Waals surface area contributed by atoms with E-state index in [1.807, 2.05) is 7.05 Å². The zero-order valence-electron chi connectivity index (χ0n) is 7.90.